The van der Waals surface area contributed by atoms with Crippen LogP contribution in [0.15, 0.2) is 17.3 Å². The minimum absolute atomic E-state index is 0.237. The second-order valence-corrected chi connectivity index (χ2v) is 4.85. The highest BCUT2D eigenvalue weighted by atomic mass is 16.4. The van der Waals surface area contributed by atoms with Crippen molar-refractivity contribution in [3.8, 4) is 0 Å². The molecule has 2 aliphatic carbocycles. The molecule has 0 amide bonds. The van der Waals surface area contributed by atoms with Crippen LogP contribution in [0.1, 0.15) is 33.1 Å². The van der Waals surface area contributed by atoms with E-state index in [0.29, 0.717) is 5.92 Å². The second kappa shape index (κ2) is 2.60. The van der Waals surface area contributed by atoms with Crippen molar-refractivity contribution in [1.82, 2.24) is 0 Å². The Balaban J connectivity index is 2.17. The SMILES string of the molecule is C=C(C)C1C/C(=N/O)C2(C)CC2C1. The number of fused-ring (bicyclic) bond motifs is 1. The first kappa shape index (κ1) is 8.79. The van der Waals surface area contributed by atoms with Crippen LogP contribution in [-0.4, -0.2) is 10.9 Å². The summed E-state index contributed by atoms with van der Waals surface area (Å²) in [5, 5.41) is 12.4. The fourth-order valence-electron chi connectivity index (χ4n) is 2.57. The van der Waals surface area contributed by atoms with Crippen molar-refractivity contribution in [2.24, 2.45) is 22.4 Å². The van der Waals surface area contributed by atoms with Gasteiger partial charge in [0.2, 0.25) is 0 Å². The van der Waals surface area contributed by atoms with Gasteiger partial charge in [-0.15, -0.1) is 0 Å². The molecule has 0 spiro atoms. The van der Waals surface area contributed by atoms with Gasteiger partial charge in [0.1, 0.15) is 0 Å². The molecule has 3 unspecified atom stereocenters. The summed E-state index contributed by atoms with van der Waals surface area (Å²) in [5.74, 6) is 1.29. The molecule has 0 bridgehead atoms. The summed E-state index contributed by atoms with van der Waals surface area (Å²) < 4.78 is 0. The molecule has 2 nitrogen and oxygen atoms in total. The Morgan fingerprint density at radius 1 is 1.69 bits per heavy atom. The maximum absolute atomic E-state index is 8.91. The van der Waals surface area contributed by atoms with Crippen molar-refractivity contribution >= 4 is 5.71 Å². The van der Waals surface area contributed by atoms with Crippen molar-refractivity contribution in [3.63, 3.8) is 0 Å². The monoisotopic (exact) mass is 179 g/mol. The highest BCUT2D eigenvalue weighted by molar-refractivity contribution is 5.93. The Morgan fingerprint density at radius 2 is 2.38 bits per heavy atom. The highest BCUT2D eigenvalue weighted by Crippen LogP contribution is 2.61. The van der Waals surface area contributed by atoms with Gasteiger partial charge in [-0.2, -0.15) is 0 Å². The molecule has 3 atom stereocenters. The van der Waals surface area contributed by atoms with Gasteiger partial charge in [0.15, 0.2) is 0 Å². The van der Waals surface area contributed by atoms with E-state index in [1.165, 1.54) is 18.4 Å². The van der Waals surface area contributed by atoms with Crippen molar-refractivity contribution in [1.29, 1.82) is 0 Å². The quantitative estimate of drug-likeness (QED) is 0.375. The van der Waals surface area contributed by atoms with E-state index in [-0.39, 0.29) is 5.41 Å². The summed E-state index contributed by atoms with van der Waals surface area (Å²) in [7, 11) is 0. The minimum Gasteiger partial charge on any atom is -0.411 e. The van der Waals surface area contributed by atoms with Crippen LogP contribution >= 0.6 is 0 Å². The lowest BCUT2D eigenvalue weighted by Crippen LogP contribution is -2.25. The molecule has 0 radical (unpaired) electrons. The molecule has 0 aromatic rings. The maximum Gasteiger partial charge on any atom is 0.0638 e. The fraction of sp³-hybridized carbons (Fsp3) is 0.727. The Bertz CT molecular complexity index is 282. The lowest BCUT2D eigenvalue weighted by Gasteiger charge is -2.26. The van der Waals surface area contributed by atoms with E-state index in [2.05, 4.69) is 25.6 Å². The first-order valence-corrected chi connectivity index (χ1v) is 4.94. The third kappa shape index (κ3) is 1.19. The van der Waals surface area contributed by atoms with Crippen LogP contribution in [0.3, 0.4) is 0 Å². The van der Waals surface area contributed by atoms with Crippen LogP contribution < -0.4 is 0 Å². The minimum atomic E-state index is 0.237. The summed E-state index contributed by atoms with van der Waals surface area (Å²) >= 11 is 0. The Morgan fingerprint density at radius 3 is 2.92 bits per heavy atom. The Labute approximate surface area is 79.3 Å². The smallest absolute Gasteiger partial charge is 0.0638 e. The van der Waals surface area contributed by atoms with Gasteiger partial charge in [-0.1, -0.05) is 24.2 Å². The molecule has 2 rings (SSSR count). The van der Waals surface area contributed by atoms with Crippen molar-refractivity contribution < 1.29 is 5.21 Å². The van der Waals surface area contributed by atoms with E-state index < -0.39 is 0 Å². The van der Waals surface area contributed by atoms with E-state index in [1.54, 1.807) is 0 Å². The third-order valence-corrected chi connectivity index (χ3v) is 3.90. The van der Waals surface area contributed by atoms with Crippen LogP contribution in [0.2, 0.25) is 0 Å². The van der Waals surface area contributed by atoms with Crippen LogP contribution in [-0.2, 0) is 0 Å². The van der Waals surface area contributed by atoms with Gasteiger partial charge >= 0.3 is 0 Å². The molecule has 2 saturated carbocycles. The molecule has 0 aliphatic heterocycles. The lowest BCUT2D eigenvalue weighted by atomic mass is 9.78. The summed E-state index contributed by atoms with van der Waals surface area (Å²) in [6.07, 6.45) is 3.36. The van der Waals surface area contributed by atoms with Crippen molar-refractivity contribution in [2.75, 3.05) is 0 Å². The van der Waals surface area contributed by atoms with Crippen molar-refractivity contribution in [2.45, 2.75) is 33.1 Å². The standard InChI is InChI=1S/C11H17NO/c1-7(2)8-4-9-6-11(9,3)10(5-8)12-13/h8-9,13H,1,4-6H2,2-3H3/b12-10-. The van der Waals surface area contributed by atoms with Crippen LogP contribution in [0.4, 0.5) is 0 Å². The van der Waals surface area contributed by atoms with Gasteiger partial charge < -0.3 is 5.21 Å². The zero-order valence-electron chi connectivity index (χ0n) is 8.38. The molecular weight excluding hydrogens is 162 g/mol. The average Bonchev–Trinajstić information content (AvgIpc) is 2.74. The molecule has 0 heterocycles. The molecule has 2 fully saturated rings. The van der Waals surface area contributed by atoms with Crippen LogP contribution in [0, 0.1) is 17.3 Å². The summed E-state index contributed by atoms with van der Waals surface area (Å²) in [6.45, 7) is 8.27. The third-order valence-electron chi connectivity index (χ3n) is 3.90. The second-order valence-electron chi connectivity index (χ2n) is 4.85. The number of oxime groups is 1. The number of allylic oxidation sites excluding steroid dienone is 1. The molecular formula is C11H17NO. The molecule has 2 heteroatoms. The van der Waals surface area contributed by atoms with Gasteiger partial charge in [0.05, 0.1) is 5.71 Å². The topological polar surface area (TPSA) is 32.6 Å². The molecule has 72 valence electrons. The summed E-state index contributed by atoms with van der Waals surface area (Å²) in [6, 6.07) is 0. The zero-order chi connectivity index (χ0) is 9.64. The predicted octanol–water partition coefficient (Wildman–Crippen LogP) is 2.83. The summed E-state index contributed by atoms with van der Waals surface area (Å²) in [5.41, 5.74) is 2.47. The Hall–Kier alpha value is -0.790. The molecule has 1 N–H and O–H groups in total. The van der Waals surface area contributed by atoms with E-state index in [4.69, 9.17) is 5.21 Å². The lowest BCUT2D eigenvalue weighted by molar-refractivity contribution is 0.305. The van der Waals surface area contributed by atoms with Gasteiger partial charge in [0, 0.05) is 5.41 Å². The number of rotatable bonds is 1. The van der Waals surface area contributed by atoms with Crippen molar-refractivity contribution in [3.05, 3.63) is 12.2 Å². The van der Waals surface area contributed by atoms with Gasteiger partial charge in [-0.05, 0) is 38.0 Å². The normalized spacial score (nSPS) is 45.8. The van der Waals surface area contributed by atoms with Crippen LogP contribution in [0.5, 0.6) is 0 Å². The first-order valence-electron chi connectivity index (χ1n) is 4.94. The highest BCUT2D eigenvalue weighted by Gasteiger charge is 2.57. The number of hydrogen-bond donors (Lipinski definition) is 1. The predicted molar refractivity (Wildman–Crippen MR) is 53.0 cm³/mol. The first-order chi connectivity index (χ1) is 6.08. The number of hydrogen-bond acceptors (Lipinski definition) is 2. The van der Waals surface area contributed by atoms with E-state index in [1.807, 2.05) is 0 Å². The largest absolute Gasteiger partial charge is 0.411 e. The number of nitrogens with zero attached hydrogens (tertiary/aromatic N) is 1. The van der Waals surface area contributed by atoms with Gasteiger partial charge in [0.25, 0.3) is 0 Å². The maximum atomic E-state index is 8.91. The van der Waals surface area contributed by atoms with Gasteiger partial charge in [-0.25, -0.2) is 0 Å². The average molecular weight is 179 g/mol. The zero-order valence-corrected chi connectivity index (χ0v) is 8.38. The van der Waals surface area contributed by atoms with E-state index in [0.717, 1.165) is 18.1 Å². The summed E-state index contributed by atoms with van der Waals surface area (Å²) in [4.78, 5) is 0. The molecule has 2 aliphatic rings. The molecule has 13 heavy (non-hydrogen) atoms. The van der Waals surface area contributed by atoms with E-state index >= 15 is 0 Å². The fourth-order valence-corrected chi connectivity index (χ4v) is 2.57. The van der Waals surface area contributed by atoms with E-state index in [9.17, 15) is 0 Å². The molecule has 0 aromatic carbocycles. The molecule has 0 aromatic heterocycles. The molecule has 0 saturated heterocycles. The Kier molecular flexibility index (Phi) is 1.76. The van der Waals surface area contributed by atoms with Crippen LogP contribution in [0.25, 0.3) is 0 Å². The van der Waals surface area contributed by atoms with Gasteiger partial charge in [-0.3, -0.25) is 0 Å².